The Morgan fingerprint density at radius 3 is 2.94 bits per heavy atom. The molecule has 0 unspecified atom stereocenters. The molecule has 1 heterocycles. The van der Waals surface area contributed by atoms with Crippen molar-refractivity contribution in [3.05, 3.63) is 17.5 Å². The molecule has 4 N–H and O–H groups in total. The van der Waals surface area contributed by atoms with Gasteiger partial charge in [-0.2, -0.15) is 5.10 Å². The largest absolute Gasteiger partial charge is 0.478 e. The summed E-state index contributed by atoms with van der Waals surface area (Å²) in [7, 11) is 1.67. The van der Waals surface area contributed by atoms with Gasteiger partial charge in [0.2, 0.25) is 5.91 Å². The summed E-state index contributed by atoms with van der Waals surface area (Å²) in [6.45, 7) is 1.05. The van der Waals surface area contributed by atoms with Gasteiger partial charge in [-0.1, -0.05) is 0 Å². The highest BCUT2D eigenvalue weighted by molar-refractivity contribution is 5.88. The zero-order chi connectivity index (χ0) is 13.5. The summed E-state index contributed by atoms with van der Waals surface area (Å²) in [5.74, 6) is -1.53. The highest BCUT2D eigenvalue weighted by Gasteiger charge is 2.13. The van der Waals surface area contributed by atoms with E-state index in [0.29, 0.717) is 25.4 Å². The smallest absolute Gasteiger partial charge is 0.339 e. The fourth-order valence-corrected chi connectivity index (χ4v) is 1.38. The lowest BCUT2D eigenvalue weighted by molar-refractivity contribution is -0.122. The van der Waals surface area contributed by atoms with Crippen LogP contribution < -0.4 is 11.1 Å². The number of amides is 1. The first-order chi connectivity index (χ1) is 8.52. The second-order valence-electron chi connectivity index (χ2n) is 3.63. The van der Waals surface area contributed by atoms with E-state index >= 15 is 0 Å². The van der Waals surface area contributed by atoms with E-state index in [-0.39, 0.29) is 12.2 Å². The first-order valence-corrected chi connectivity index (χ1v) is 5.33. The molecule has 0 saturated carbocycles. The summed E-state index contributed by atoms with van der Waals surface area (Å²) in [6, 6.07) is 0. The SMILES string of the molecule is Cn1ncc(C(=O)O)c1CNCCOCC(N)=O. The number of aryl methyl sites for hydroxylation is 1. The van der Waals surface area contributed by atoms with Crippen molar-refractivity contribution in [2.75, 3.05) is 19.8 Å². The third-order valence-corrected chi connectivity index (χ3v) is 2.25. The second kappa shape index (κ2) is 6.72. The number of aromatic nitrogens is 2. The summed E-state index contributed by atoms with van der Waals surface area (Å²) in [5.41, 5.74) is 5.65. The summed E-state index contributed by atoms with van der Waals surface area (Å²) < 4.78 is 6.45. The zero-order valence-electron chi connectivity index (χ0n) is 10.0. The molecule has 1 aromatic rings. The number of nitrogens with zero attached hydrogens (tertiary/aromatic N) is 2. The fourth-order valence-electron chi connectivity index (χ4n) is 1.38. The Morgan fingerprint density at radius 1 is 1.61 bits per heavy atom. The molecule has 100 valence electrons. The molecule has 8 heteroatoms. The highest BCUT2D eigenvalue weighted by atomic mass is 16.5. The average molecular weight is 256 g/mol. The third-order valence-electron chi connectivity index (χ3n) is 2.25. The Morgan fingerprint density at radius 2 is 2.33 bits per heavy atom. The van der Waals surface area contributed by atoms with Crippen LogP contribution in [0.1, 0.15) is 16.1 Å². The van der Waals surface area contributed by atoms with E-state index in [2.05, 4.69) is 10.4 Å². The minimum Gasteiger partial charge on any atom is -0.478 e. The molecule has 0 aliphatic carbocycles. The van der Waals surface area contributed by atoms with Crippen molar-refractivity contribution in [1.82, 2.24) is 15.1 Å². The maximum Gasteiger partial charge on any atom is 0.339 e. The van der Waals surface area contributed by atoms with E-state index in [9.17, 15) is 9.59 Å². The predicted octanol–water partition coefficient (Wildman–Crippen LogP) is -1.29. The topological polar surface area (TPSA) is 119 Å². The van der Waals surface area contributed by atoms with Crippen LogP contribution in [-0.4, -0.2) is 46.5 Å². The van der Waals surface area contributed by atoms with E-state index in [0.717, 1.165) is 0 Å². The van der Waals surface area contributed by atoms with Gasteiger partial charge in [0.05, 0.1) is 18.5 Å². The summed E-state index contributed by atoms with van der Waals surface area (Å²) in [4.78, 5) is 21.3. The third kappa shape index (κ3) is 4.15. The van der Waals surface area contributed by atoms with Crippen molar-refractivity contribution < 1.29 is 19.4 Å². The molecule has 18 heavy (non-hydrogen) atoms. The van der Waals surface area contributed by atoms with Crippen LogP contribution in [0, 0.1) is 0 Å². The molecule has 0 spiro atoms. The summed E-state index contributed by atoms with van der Waals surface area (Å²) >= 11 is 0. The fraction of sp³-hybridized carbons (Fsp3) is 0.500. The predicted molar refractivity (Wildman–Crippen MR) is 61.9 cm³/mol. The Kier molecular flexibility index (Phi) is 5.28. The van der Waals surface area contributed by atoms with Gasteiger partial charge >= 0.3 is 5.97 Å². The van der Waals surface area contributed by atoms with Crippen LogP contribution in [0.2, 0.25) is 0 Å². The normalized spacial score (nSPS) is 10.5. The number of carboxylic acid groups (broad SMARTS) is 1. The van der Waals surface area contributed by atoms with Crippen LogP contribution >= 0.6 is 0 Å². The van der Waals surface area contributed by atoms with Crippen LogP contribution in [0.15, 0.2) is 6.20 Å². The second-order valence-corrected chi connectivity index (χ2v) is 3.63. The standard InChI is InChI=1S/C10H16N4O4/c1-14-8(7(4-13-14)10(16)17)5-12-2-3-18-6-9(11)15/h4,12H,2-3,5-6H2,1H3,(H2,11,15)(H,16,17). The number of hydrogen-bond donors (Lipinski definition) is 3. The lowest BCUT2D eigenvalue weighted by Crippen LogP contribution is -2.25. The molecule has 0 aliphatic rings. The zero-order valence-corrected chi connectivity index (χ0v) is 10.0. The van der Waals surface area contributed by atoms with E-state index in [1.807, 2.05) is 0 Å². The van der Waals surface area contributed by atoms with Gasteiger partial charge in [0.1, 0.15) is 12.2 Å². The summed E-state index contributed by atoms with van der Waals surface area (Å²) in [6.07, 6.45) is 1.31. The molecule has 1 amide bonds. The van der Waals surface area contributed by atoms with E-state index in [1.165, 1.54) is 10.9 Å². The van der Waals surface area contributed by atoms with Gasteiger partial charge in [0, 0.05) is 20.1 Å². The van der Waals surface area contributed by atoms with E-state index in [4.69, 9.17) is 15.6 Å². The summed E-state index contributed by atoms with van der Waals surface area (Å²) in [5, 5.41) is 15.8. The molecule has 1 rings (SSSR count). The maximum absolute atomic E-state index is 10.9. The van der Waals surface area contributed by atoms with Gasteiger partial charge in [-0.3, -0.25) is 9.48 Å². The Bertz CT molecular complexity index is 430. The maximum atomic E-state index is 10.9. The molecule has 0 saturated heterocycles. The number of hydrogen-bond acceptors (Lipinski definition) is 5. The van der Waals surface area contributed by atoms with Gasteiger partial charge in [-0.05, 0) is 0 Å². The van der Waals surface area contributed by atoms with Crippen molar-refractivity contribution in [3.8, 4) is 0 Å². The molecule has 0 fully saturated rings. The van der Waals surface area contributed by atoms with Crippen molar-refractivity contribution >= 4 is 11.9 Å². The van der Waals surface area contributed by atoms with Crippen LogP contribution in [-0.2, 0) is 23.1 Å². The van der Waals surface area contributed by atoms with Crippen LogP contribution in [0.4, 0.5) is 0 Å². The van der Waals surface area contributed by atoms with Crippen LogP contribution in [0.5, 0.6) is 0 Å². The molecule has 1 aromatic heterocycles. The van der Waals surface area contributed by atoms with Crippen molar-refractivity contribution in [2.45, 2.75) is 6.54 Å². The van der Waals surface area contributed by atoms with Crippen molar-refractivity contribution in [3.63, 3.8) is 0 Å². The Hall–Kier alpha value is -1.93. The molecule has 0 atom stereocenters. The number of nitrogens with one attached hydrogen (secondary N) is 1. The number of carboxylic acids is 1. The van der Waals surface area contributed by atoms with Gasteiger partial charge in [0.25, 0.3) is 0 Å². The molecule has 8 nitrogen and oxygen atoms in total. The molecule has 0 radical (unpaired) electrons. The van der Waals surface area contributed by atoms with Crippen molar-refractivity contribution in [1.29, 1.82) is 0 Å². The quantitative estimate of drug-likeness (QED) is 0.498. The number of rotatable bonds is 8. The monoisotopic (exact) mass is 256 g/mol. The highest BCUT2D eigenvalue weighted by Crippen LogP contribution is 2.06. The Balaban J connectivity index is 2.33. The van der Waals surface area contributed by atoms with Gasteiger partial charge < -0.3 is 20.9 Å². The van der Waals surface area contributed by atoms with E-state index < -0.39 is 11.9 Å². The van der Waals surface area contributed by atoms with Gasteiger partial charge in [-0.25, -0.2) is 4.79 Å². The number of carbonyl (C=O) groups excluding carboxylic acids is 1. The minimum atomic E-state index is -1.01. The number of carbonyl (C=O) groups is 2. The lowest BCUT2D eigenvalue weighted by Gasteiger charge is -2.06. The number of primary amides is 1. The first-order valence-electron chi connectivity index (χ1n) is 5.33. The number of aromatic carboxylic acids is 1. The first kappa shape index (κ1) is 14.1. The molecule has 0 aromatic carbocycles. The lowest BCUT2D eigenvalue weighted by atomic mass is 10.2. The molecular weight excluding hydrogens is 240 g/mol. The molecule has 0 aliphatic heterocycles. The average Bonchev–Trinajstić information content (AvgIpc) is 2.65. The van der Waals surface area contributed by atoms with Crippen molar-refractivity contribution in [2.24, 2.45) is 12.8 Å². The number of nitrogens with two attached hydrogens (primary N) is 1. The van der Waals surface area contributed by atoms with Crippen LogP contribution in [0.3, 0.4) is 0 Å². The minimum absolute atomic E-state index is 0.117. The Labute approximate surface area is 104 Å². The molecule has 0 bridgehead atoms. The van der Waals surface area contributed by atoms with E-state index in [1.54, 1.807) is 7.05 Å². The number of ether oxygens (including phenoxy) is 1. The molecular formula is C10H16N4O4. The van der Waals surface area contributed by atoms with Crippen LogP contribution in [0.25, 0.3) is 0 Å². The van der Waals surface area contributed by atoms with Gasteiger partial charge in [-0.15, -0.1) is 0 Å². The van der Waals surface area contributed by atoms with Gasteiger partial charge in [0.15, 0.2) is 0 Å².